The fourth-order valence-electron chi connectivity index (χ4n) is 2.84. The fraction of sp³-hybridized carbons (Fsp3) is 0.625. The van der Waals surface area contributed by atoms with Crippen LogP contribution in [0.4, 0.5) is 0 Å². The van der Waals surface area contributed by atoms with Gasteiger partial charge in [-0.3, -0.25) is 9.59 Å². The second-order valence-corrected chi connectivity index (χ2v) is 6.23. The topological polar surface area (TPSA) is 71.3 Å². The van der Waals surface area contributed by atoms with Crippen molar-refractivity contribution in [2.24, 2.45) is 5.92 Å². The summed E-state index contributed by atoms with van der Waals surface area (Å²) < 4.78 is 5.80. The van der Waals surface area contributed by atoms with E-state index in [1.165, 1.54) is 6.42 Å². The zero-order valence-electron chi connectivity index (χ0n) is 12.4. The number of carbonyl (C=O) groups is 2. The van der Waals surface area contributed by atoms with Crippen molar-refractivity contribution in [3.63, 3.8) is 0 Å². The summed E-state index contributed by atoms with van der Waals surface area (Å²) in [6.45, 7) is 2.76. The normalized spacial score (nSPS) is 28.0. The van der Waals surface area contributed by atoms with E-state index >= 15 is 0 Å². The van der Waals surface area contributed by atoms with E-state index < -0.39 is 0 Å². The number of amides is 2. The quantitative estimate of drug-likeness (QED) is 0.867. The summed E-state index contributed by atoms with van der Waals surface area (Å²) in [6, 6.07) is 4.08. The molecule has 0 bridgehead atoms. The van der Waals surface area contributed by atoms with Crippen LogP contribution in [0.5, 0.6) is 0 Å². The van der Waals surface area contributed by atoms with Crippen molar-refractivity contribution in [1.82, 2.24) is 10.6 Å². The number of hydrogen-bond donors (Lipinski definition) is 2. The van der Waals surface area contributed by atoms with Gasteiger partial charge in [0, 0.05) is 37.8 Å². The van der Waals surface area contributed by atoms with Gasteiger partial charge in [-0.05, 0) is 30.9 Å². The van der Waals surface area contributed by atoms with E-state index in [4.69, 9.17) is 4.42 Å². The molecule has 3 unspecified atom stereocenters. The molecule has 0 aromatic carbocycles. The van der Waals surface area contributed by atoms with Crippen molar-refractivity contribution < 1.29 is 14.0 Å². The molecule has 21 heavy (non-hydrogen) atoms. The smallest absolute Gasteiger partial charge is 0.220 e. The maximum Gasteiger partial charge on any atom is 0.220 e. The lowest BCUT2D eigenvalue weighted by atomic mass is 10.1. The highest BCUT2D eigenvalue weighted by molar-refractivity contribution is 5.79. The van der Waals surface area contributed by atoms with Gasteiger partial charge in [0.15, 0.2) is 0 Å². The van der Waals surface area contributed by atoms with Crippen LogP contribution in [-0.4, -0.2) is 24.4 Å². The van der Waals surface area contributed by atoms with Gasteiger partial charge < -0.3 is 15.1 Å². The Bertz CT molecular complexity index is 527. The van der Waals surface area contributed by atoms with E-state index in [2.05, 4.69) is 17.6 Å². The SMILES string of the molecule is CC1CC1c1ccc(CCC(=O)NC2CCC(=O)NC2)o1. The minimum absolute atomic E-state index is 0.0221. The van der Waals surface area contributed by atoms with Crippen LogP contribution < -0.4 is 10.6 Å². The minimum atomic E-state index is 0.0221. The number of aryl methyl sites for hydroxylation is 1. The number of rotatable bonds is 5. The van der Waals surface area contributed by atoms with Gasteiger partial charge in [0.05, 0.1) is 0 Å². The number of hydrogen-bond acceptors (Lipinski definition) is 3. The molecule has 1 aromatic heterocycles. The molecule has 0 radical (unpaired) electrons. The second-order valence-electron chi connectivity index (χ2n) is 6.23. The maximum atomic E-state index is 11.9. The summed E-state index contributed by atoms with van der Waals surface area (Å²) >= 11 is 0. The molecule has 1 saturated carbocycles. The van der Waals surface area contributed by atoms with E-state index in [1.54, 1.807) is 0 Å². The molecular weight excluding hydrogens is 268 g/mol. The highest BCUT2D eigenvalue weighted by atomic mass is 16.3. The summed E-state index contributed by atoms with van der Waals surface area (Å²) in [5.74, 6) is 3.35. The lowest BCUT2D eigenvalue weighted by molar-refractivity contribution is -0.125. The number of nitrogens with one attached hydrogen (secondary N) is 2. The van der Waals surface area contributed by atoms with Gasteiger partial charge >= 0.3 is 0 Å². The van der Waals surface area contributed by atoms with Gasteiger partial charge in [0.1, 0.15) is 11.5 Å². The van der Waals surface area contributed by atoms with Crippen LogP contribution in [0.25, 0.3) is 0 Å². The van der Waals surface area contributed by atoms with Gasteiger partial charge in [-0.2, -0.15) is 0 Å². The molecule has 2 amide bonds. The average Bonchev–Trinajstić information content (AvgIpc) is 3.01. The highest BCUT2D eigenvalue weighted by Crippen LogP contribution is 2.47. The van der Waals surface area contributed by atoms with Crippen LogP contribution in [0.2, 0.25) is 0 Å². The molecule has 3 atom stereocenters. The molecule has 1 aromatic rings. The molecule has 1 saturated heterocycles. The summed E-state index contributed by atoms with van der Waals surface area (Å²) in [6.07, 6.45) is 3.48. The molecule has 1 aliphatic carbocycles. The summed E-state index contributed by atoms with van der Waals surface area (Å²) in [5, 5.41) is 5.73. The molecule has 114 valence electrons. The molecule has 0 spiro atoms. The highest BCUT2D eigenvalue weighted by Gasteiger charge is 2.36. The summed E-state index contributed by atoms with van der Waals surface area (Å²) in [5.41, 5.74) is 0. The Morgan fingerprint density at radius 3 is 2.95 bits per heavy atom. The largest absolute Gasteiger partial charge is 0.466 e. The molecule has 2 heterocycles. The first kappa shape index (κ1) is 14.2. The van der Waals surface area contributed by atoms with E-state index in [0.717, 1.165) is 23.9 Å². The zero-order chi connectivity index (χ0) is 14.8. The fourth-order valence-corrected chi connectivity index (χ4v) is 2.84. The van der Waals surface area contributed by atoms with E-state index in [0.29, 0.717) is 31.7 Å². The van der Waals surface area contributed by atoms with E-state index in [1.807, 2.05) is 12.1 Å². The molecule has 2 fully saturated rings. The first-order valence-electron chi connectivity index (χ1n) is 7.76. The summed E-state index contributed by atoms with van der Waals surface area (Å²) in [4.78, 5) is 23.0. The number of piperidine rings is 1. The molecule has 5 heteroatoms. The summed E-state index contributed by atoms with van der Waals surface area (Å²) in [7, 11) is 0. The van der Waals surface area contributed by atoms with Crippen molar-refractivity contribution in [1.29, 1.82) is 0 Å². The van der Waals surface area contributed by atoms with E-state index in [9.17, 15) is 9.59 Å². The Labute approximate surface area is 124 Å². The van der Waals surface area contributed by atoms with Gasteiger partial charge in [0.2, 0.25) is 11.8 Å². The van der Waals surface area contributed by atoms with Crippen molar-refractivity contribution in [2.45, 2.75) is 51.0 Å². The monoisotopic (exact) mass is 290 g/mol. The van der Waals surface area contributed by atoms with Crippen molar-refractivity contribution in [2.75, 3.05) is 6.54 Å². The Hall–Kier alpha value is -1.78. The second kappa shape index (κ2) is 5.92. The standard InChI is InChI=1S/C16H22N2O3/c1-10-8-13(10)14-5-3-12(21-14)4-7-16(20)18-11-2-6-15(19)17-9-11/h3,5,10-11,13H,2,4,6-9H2,1H3,(H,17,19)(H,18,20). The van der Waals surface area contributed by atoms with Crippen LogP contribution in [0.1, 0.15) is 50.0 Å². The first-order valence-corrected chi connectivity index (χ1v) is 7.76. The van der Waals surface area contributed by atoms with Crippen LogP contribution in [-0.2, 0) is 16.0 Å². The van der Waals surface area contributed by atoms with Gasteiger partial charge in [-0.15, -0.1) is 0 Å². The van der Waals surface area contributed by atoms with Crippen LogP contribution in [0, 0.1) is 5.92 Å². The predicted octanol–water partition coefficient (Wildman–Crippen LogP) is 1.73. The van der Waals surface area contributed by atoms with Crippen molar-refractivity contribution in [3.05, 3.63) is 23.7 Å². The van der Waals surface area contributed by atoms with E-state index in [-0.39, 0.29) is 17.9 Å². The number of carbonyl (C=O) groups excluding carboxylic acids is 2. The van der Waals surface area contributed by atoms with Crippen LogP contribution in [0.15, 0.2) is 16.5 Å². The third-order valence-electron chi connectivity index (χ3n) is 4.39. The molecular formula is C16H22N2O3. The zero-order valence-corrected chi connectivity index (χ0v) is 12.4. The molecule has 1 aliphatic heterocycles. The predicted molar refractivity (Wildman–Crippen MR) is 77.7 cm³/mol. The van der Waals surface area contributed by atoms with Gasteiger partial charge in [-0.1, -0.05) is 6.92 Å². The lowest BCUT2D eigenvalue weighted by Crippen LogP contribution is -2.47. The van der Waals surface area contributed by atoms with Crippen molar-refractivity contribution >= 4 is 11.8 Å². The van der Waals surface area contributed by atoms with Crippen LogP contribution >= 0.6 is 0 Å². The number of furan rings is 1. The van der Waals surface area contributed by atoms with Crippen LogP contribution in [0.3, 0.4) is 0 Å². The third-order valence-corrected chi connectivity index (χ3v) is 4.39. The molecule has 3 rings (SSSR count). The minimum Gasteiger partial charge on any atom is -0.466 e. The van der Waals surface area contributed by atoms with Gasteiger partial charge in [-0.25, -0.2) is 0 Å². The Balaban J connectivity index is 1.41. The third kappa shape index (κ3) is 3.65. The molecule has 5 nitrogen and oxygen atoms in total. The van der Waals surface area contributed by atoms with Crippen molar-refractivity contribution in [3.8, 4) is 0 Å². The average molecular weight is 290 g/mol. The first-order chi connectivity index (χ1) is 10.1. The Kier molecular flexibility index (Phi) is 3.99. The Morgan fingerprint density at radius 2 is 2.29 bits per heavy atom. The molecule has 2 N–H and O–H groups in total. The Morgan fingerprint density at radius 1 is 1.48 bits per heavy atom. The lowest BCUT2D eigenvalue weighted by Gasteiger charge is -2.23. The van der Waals surface area contributed by atoms with Gasteiger partial charge in [0.25, 0.3) is 0 Å². The molecule has 2 aliphatic rings. The maximum absolute atomic E-state index is 11.9.